The molecule has 0 aliphatic heterocycles. The molecule has 0 radical (unpaired) electrons. The average Bonchev–Trinajstić information content (AvgIpc) is 2.88. The molecule has 0 aliphatic rings. The third-order valence-electron chi connectivity index (χ3n) is 2.40. The number of halogens is 1. The lowest BCUT2D eigenvalue weighted by atomic mass is 10.2. The fourth-order valence-electron chi connectivity index (χ4n) is 1.48. The summed E-state index contributed by atoms with van der Waals surface area (Å²) >= 11 is 5.86. The van der Waals surface area contributed by atoms with E-state index < -0.39 is 6.10 Å². The summed E-state index contributed by atoms with van der Waals surface area (Å²) in [5.41, 5.74) is 2.60. The molecule has 1 amide bonds. The lowest BCUT2D eigenvalue weighted by Crippen LogP contribution is -2.36. The Morgan fingerprint density at radius 3 is 2.84 bits per heavy atom. The highest BCUT2D eigenvalue weighted by Gasteiger charge is 2.18. The predicted molar refractivity (Wildman–Crippen MR) is 70.5 cm³/mol. The molecule has 0 bridgehead atoms. The first-order valence-corrected chi connectivity index (χ1v) is 6.14. The predicted octanol–water partition coefficient (Wildman–Crippen LogP) is 1.86. The Balaban J connectivity index is 2.01. The Kier molecular flexibility index (Phi) is 4.35. The van der Waals surface area contributed by atoms with Crippen LogP contribution in [0.5, 0.6) is 5.75 Å². The van der Waals surface area contributed by atoms with Crippen LogP contribution in [0.25, 0.3) is 0 Å². The number of rotatable bonds is 5. The van der Waals surface area contributed by atoms with Crippen molar-refractivity contribution in [3.63, 3.8) is 0 Å². The zero-order chi connectivity index (χ0) is 13.7. The minimum absolute atomic E-state index is 0.276. The third-order valence-corrected chi connectivity index (χ3v) is 2.63. The number of amides is 1. The van der Waals surface area contributed by atoms with Gasteiger partial charge in [0.25, 0.3) is 5.91 Å². The smallest absolute Gasteiger partial charge is 0.279 e. The molecule has 0 saturated heterocycles. The van der Waals surface area contributed by atoms with Crippen LogP contribution in [0, 0.1) is 0 Å². The largest absolute Gasteiger partial charge is 0.480 e. The molecule has 1 heterocycles. The van der Waals surface area contributed by atoms with E-state index in [0.29, 0.717) is 17.2 Å². The van der Waals surface area contributed by atoms with Crippen LogP contribution in [0.4, 0.5) is 0 Å². The SMILES string of the molecule is CCC(Oc1cccc(Cl)c1)C(=O)Nn1cnnc1. The van der Waals surface area contributed by atoms with Gasteiger partial charge in [0.05, 0.1) is 0 Å². The summed E-state index contributed by atoms with van der Waals surface area (Å²) < 4.78 is 6.97. The second kappa shape index (κ2) is 6.19. The van der Waals surface area contributed by atoms with Gasteiger partial charge >= 0.3 is 0 Å². The molecule has 19 heavy (non-hydrogen) atoms. The second-order valence-electron chi connectivity index (χ2n) is 3.82. The van der Waals surface area contributed by atoms with Crippen LogP contribution in [-0.4, -0.2) is 26.9 Å². The van der Waals surface area contributed by atoms with Gasteiger partial charge in [-0.05, 0) is 24.6 Å². The van der Waals surface area contributed by atoms with Crippen molar-refractivity contribution in [2.75, 3.05) is 5.43 Å². The molecule has 1 atom stereocenters. The average molecular weight is 281 g/mol. The Labute approximate surface area is 115 Å². The fraction of sp³-hybridized carbons (Fsp3) is 0.250. The molecule has 2 aromatic rings. The monoisotopic (exact) mass is 280 g/mol. The van der Waals surface area contributed by atoms with Gasteiger partial charge < -0.3 is 4.74 Å². The lowest BCUT2D eigenvalue weighted by Gasteiger charge is -2.17. The summed E-state index contributed by atoms with van der Waals surface area (Å²) in [4.78, 5) is 12.0. The van der Waals surface area contributed by atoms with Crippen molar-refractivity contribution in [1.29, 1.82) is 0 Å². The number of aromatic nitrogens is 3. The van der Waals surface area contributed by atoms with Gasteiger partial charge in [0, 0.05) is 5.02 Å². The summed E-state index contributed by atoms with van der Waals surface area (Å²) in [6.07, 6.45) is 2.70. The van der Waals surface area contributed by atoms with Gasteiger partial charge in [-0.25, -0.2) is 4.68 Å². The van der Waals surface area contributed by atoms with Crippen LogP contribution < -0.4 is 10.2 Å². The van der Waals surface area contributed by atoms with Crippen LogP contribution in [0.15, 0.2) is 36.9 Å². The minimum Gasteiger partial charge on any atom is -0.480 e. The van der Waals surface area contributed by atoms with E-state index in [1.165, 1.54) is 17.3 Å². The first-order chi connectivity index (χ1) is 9.19. The minimum atomic E-state index is -0.610. The number of ether oxygens (including phenoxy) is 1. The third kappa shape index (κ3) is 3.69. The highest BCUT2D eigenvalue weighted by molar-refractivity contribution is 6.30. The number of hydrogen-bond donors (Lipinski definition) is 1. The fourth-order valence-corrected chi connectivity index (χ4v) is 1.66. The van der Waals surface area contributed by atoms with E-state index >= 15 is 0 Å². The van der Waals surface area contributed by atoms with E-state index in [1.807, 2.05) is 6.92 Å². The van der Waals surface area contributed by atoms with E-state index in [2.05, 4.69) is 15.6 Å². The van der Waals surface area contributed by atoms with E-state index in [9.17, 15) is 4.79 Å². The van der Waals surface area contributed by atoms with E-state index in [-0.39, 0.29) is 5.91 Å². The molecular weight excluding hydrogens is 268 g/mol. The number of benzene rings is 1. The standard InChI is InChI=1S/C12H13ClN4O2/c1-2-11(12(18)16-17-7-14-15-8-17)19-10-5-3-4-9(13)6-10/h3-8,11H,2H2,1H3,(H,16,18). The van der Waals surface area contributed by atoms with Crippen LogP contribution in [0.3, 0.4) is 0 Å². The number of carbonyl (C=O) groups excluding carboxylic acids is 1. The van der Waals surface area contributed by atoms with Gasteiger partial charge in [-0.1, -0.05) is 24.6 Å². The molecule has 2 rings (SSSR count). The molecular formula is C12H13ClN4O2. The van der Waals surface area contributed by atoms with Crippen molar-refractivity contribution in [3.8, 4) is 5.75 Å². The lowest BCUT2D eigenvalue weighted by molar-refractivity contribution is -0.123. The van der Waals surface area contributed by atoms with Crippen LogP contribution in [0.2, 0.25) is 5.02 Å². The van der Waals surface area contributed by atoms with Gasteiger partial charge in [0.2, 0.25) is 0 Å². The van der Waals surface area contributed by atoms with Gasteiger partial charge in [0.1, 0.15) is 18.4 Å². The van der Waals surface area contributed by atoms with Crippen molar-refractivity contribution in [1.82, 2.24) is 14.9 Å². The zero-order valence-corrected chi connectivity index (χ0v) is 11.0. The summed E-state index contributed by atoms with van der Waals surface area (Å²) in [6, 6.07) is 6.92. The van der Waals surface area contributed by atoms with Gasteiger partial charge in [-0.15, -0.1) is 10.2 Å². The van der Waals surface area contributed by atoms with Crippen molar-refractivity contribution < 1.29 is 9.53 Å². The Hall–Kier alpha value is -2.08. The number of carbonyl (C=O) groups is 1. The molecule has 1 aromatic heterocycles. The highest BCUT2D eigenvalue weighted by atomic mass is 35.5. The molecule has 0 aliphatic carbocycles. The zero-order valence-electron chi connectivity index (χ0n) is 10.3. The molecule has 1 aromatic carbocycles. The molecule has 1 N–H and O–H groups in total. The normalized spacial score (nSPS) is 11.9. The van der Waals surface area contributed by atoms with E-state index in [4.69, 9.17) is 16.3 Å². The maximum Gasteiger partial charge on any atom is 0.279 e. The summed E-state index contributed by atoms with van der Waals surface area (Å²) in [5.74, 6) is 0.278. The highest BCUT2D eigenvalue weighted by Crippen LogP contribution is 2.19. The molecule has 0 fully saturated rings. The second-order valence-corrected chi connectivity index (χ2v) is 4.25. The molecule has 0 saturated carbocycles. The van der Waals surface area contributed by atoms with Crippen LogP contribution in [-0.2, 0) is 4.79 Å². The van der Waals surface area contributed by atoms with Crippen LogP contribution in [0.1, 0.15) is 13.3 Å². The van der Waals surface area contributed by atoms with Gasteiger partial charge in [-0.2, -0.15) is 0 Å². The number of hydrogen-bond acceptors (Lipinski definition) is 4. The summed E-state index contributed by atoms with van der Waals surface area (Å²) in [6.45, 7) is 1.86. The topological polar surface area (TPSA) is 69.0 Å². The number of nitrogens with zero attached hydrogens (tertiary/aromatic N) is 3. The Morgan fingerprint density at radius 2 is 2.21 bits per heavy atom. The summed E-state index contributed by atoms with van der Waals surface area (Å²) in [5, 5.41) is 7.75. The van der Waals surface area contributed by atoms with Gasteiger partial charge in [-0.3, -0.25) is 10.2 Å². The molecule has 0 spiro atoms. The van der Waals surface area contributed by atoms with Crippen molar-refractivity contribution in [3.05, 3.63) is 41.9 Å². The maximum atomic E-state index is 12.0. The van der Waals surface area contributed by atoms with E-state index in [0.717, 1.165) is 0 Å². The number of nitrogens with one attached hydrogen (secondary N) is 1. The quantitative estimate of drug-likeness (QED) is 0.908. The Bertz CT molecular complexity index is 544. The van der Waals surface area contributed by atoms with E-state index in [1.54, 1.807) is 24.3 Å². The molecule has 1 unspecified atom stereocenters. The molecule has 7 heteroatoms. The Morgan fingerprint density at radius 1 is 1.47 bits per heavy atom. The van der Waals surface area contributed by atoms with Crippen molar-refractivity contribution in [2.45, 2.75) is 19.4 Å². The maximum absolute atomic E-state index is 12.0. The first-order valence-electron chi connectivity index (χ1n) is 5.76. The van der Waals surface area contributed by atoms with Crippen molar-refractivity contribution in [2.24, 2.45) is 0 Å². The molecule has 100 valence electrons. The summed E-state index contributed by atoms with van der Waals surface area (Å²) in [7, 11) is 0. The van der Waals surface area contributed by atoms with Crippen molar-refractivity contribution >= 4 is 17.5 Å². The first kappa shape index (κ1) is 13.4. The van der Waals surface area contributed by atoms with Gasteiger partial charge in [0.15, 0.2) is 6.10 Å². The molecule has 6 nitrogen and oxygen atoms in total. The van der Waals surface area contributed by atoms with Crippen LogP contribution >= 0.6 is 11.6 Å².